The molecular formula is C8H11NO3S2. The molecule has 6 heteroatoms. The first-order valence-electron chi connectivity index (χ1n) is 4.36. The van der Waals surface area contributed by atoms with E-state index in [1.54, 1.807) is 0 Å². The Kier molecular flexibility index (Phi) is 2.59. The molecule has 2 heterocycles. The lowest BCUT2D eigenvalue weighted by Gasteiger charge is -2.01. The molecule has 1 atom stereocenters. The number of aliphatic hydroxyl groups excluding tert-OH is 1. The summed E-state index contributed by atoms with van der Waals surface area (Å²) in [5.41, 5.74) is 0.820. The molecule has 2 rings (SSSR count). The van der Waals surface area contributed by atoms with Crippen LogP contribution in [0.15, 0.2) is 5.38 Å². The summed E-state index contributed by atoms with van der Waals surface area (Å²) in [5, 5.41) is 11.3. The lowest BCUT2D eigenvalue weighted by atomic mass is 10.1. The molecule has 1 aliphatic rings. The maximum absolute atomic E-state index is 11.2. The molecule has 0 aromatic carbocycles. The van der Waals surface area contributed by atoms with Crippen molar-refractivity contribution in [3.8, 4) is 0 Å². The number of sulfone groups is 1. The van der Waals surface area contributed by atoms with Gasteiger partial charge >= 0.3 is 0 Å². The summed E-state index contributed by atoms with van der Waals surface area (Å²) in [4.78, 5) is 4.18. The Labute approximate surface area is 86.5 Å². The number of nitrogens with zero attached hydrogens (tertiary/aromatic N) is 1. The Morgan fingerprint density at radius 2 is 2.43 bits per heavy atom. The summed E-state index contributed by atoms with van der Waals surface area (Å²) < 4.78 is 22.4. The topological polar surface area (TPSA) is 67.3 Å². The van der Waals surface area contributed by atoms with E-state index in [1.807, 2.05) is 5.38 Å². The fraction of sp³-hybridized carbons (Fsp3) is 0.625. The Bertz CT molecular complexity index is 424. The van der Waals surface area contributed by atoms with Crippen LogP contribution in [0.3, 0.4) is 0 Å². The molecule has 0 aliphatic carbocycles. The molecule has 1 unspecified atom stereocenters. The van der Waals surface area contributed by atoms with Gasteiger partial charge in [-0.05, 0) is 6.42 Å². The van der Waals surface area contributed by atoms with Crippen molar-refractivity contribution in [2.45, 2.75) is 18.9 Å². The second-order valence-electron chi connectivity index (χ2n) is 3.42. The molecule has 1 fully saturated rings. The molecule has 1 aromatic heterocycles. The first kappa shape index (κ1) is 10.1. The van der Waals surface area contributed by atoms with Crippen molar-refractivity contribution in [1.82, 2.24) is 4.98 Å². The van der Waals surface area contributed by atoms with Crippen molar-refractivity contribution in [3.05, 3.63) is 16.1 Å². The molecule has 1 saturated heterocycles. The first-order chi connectivity index (χ1) is 6.61. The smallest absolute Gasteiger partial charge is 0.151 e. The second kappa shape index (κ2) is 3.60. The van der Waals surface area contributed by atoms with Crippen LogP contribution in [0.4, 0.5) is 0 Å². The van der Waals surface area contributed by atoms with Gasteiger partial charge in [-0.25, -0.2) is 13.4 Å². The van der Waals surface area contributed by atoms with Gasteiger partial charge in [-0.2, -0.15) is 0 Å². The van der Waals surface area contributed by atoms with Crippen LogP contribution in [0.25, 0.3) is 0 Å². The number of rotatable bonds is 2. The van der Waals surface area contributed by atoms with E-state index in [-0.39, 0.29) is 24.0 Å². The molecule has 1 aliphatic heterocycles. The first-order valence-corrected chi connectivity index (χ1v) is 7.06. The zero-order valence-corrected chi connectivity index (χ0v) is 9.14. The van der Waals surface area contributed by atoms with E-state index in [1.165, 1.54) is 11.3 Å². The summed E-state index contributed by atoms with van der Waals surface area (Å²) in [6.45, 7) is -0.0653. The van der Waals surface area contributed by atoms with Crippen LogP contribution in [0, 0.1) is 0 Å². The number of hydrogen-bond donors (Lipinski definition) is 1. The lowest BCUT2D eigenvalue weighted by molar-refractivity contribution is 0.281. The van der Waals surface area contributed by atoms with Crippen LogP contribution < -0.4 is 0 Å². The predicted molar refractivity (Wildman–Crippen MR) is 54.0 cm³/mol. The highest BCUT2D eigenvalue weighted by Gasteiger charge is 2.30. The highest BCUT2D eigenvalue weighted by Crippen LogP contribution is 2.29. The fourth-order valence-electron chi connectivity index (χ4n) is 1.61. The van der Waals surface area contributed by atoms with Crippen LogP contribution in [0.2, 0.25) is 0 Å². The highest BCUT2D eigenvalue weighted by molar-refractivity contribution is 7.91. The average Bonchev–Trinajstić information content (AvgIpc) is 2.70. The lowest BCUT2D eigenvalue weighted by Crippen LogP contribution is -2.04. The zero-order chi connectivity index (χ0) is 10.2. The maximum atomic E-state index is 11.2. The molecule has 1 aromatic rings. The molecule has 14 heavy (non-hydrogen) atoms. The number of hydrogen-bond acceptors (Lipinski definition) is 5. The van der Waals surface area contributed by atoms with Crippen LogP contribution in [0.1, 0.15) is 23.0 Å². The quantitative estimate of drug-likeness (QED) is 0.809. The summed E-state index contributed by atoms with van der Waals surface area (Å²) >= 11 is 1.38. The maximum Gasteiger partial charge on any atom is 0.151 e. The highest BCUT2D eigenvalue weighted by atomic mass is 32.2. The van der Waals surface area contributed by atoms with Gasteiger partial charge in [0, 0.05) is 11.3 Å². The standard InChI is InChI=1S/C8H11NO3S2/c10-3-8-9-7(4-13-8)6-1-2-14(11,12)5-6/h4,6,10H,1-3,5H2. The third-order valence-electron chi connectivity index (χ3n) is 2.36. The molecule has 0 amide bonds. The molecule has 78 valence electrons. The second-order valence-corrected chi connectivity index (χ2v) is 6.60. The van der Waals surface area contributed by atoms with Gasteiger partial charge in [0.05, 0.1) is 23.8 Å². The molecule has 0 saturated carbocycles. The van der Waals surface area contributed by atoms with E-state index in [0.29, 0.717) is 11.4 Å². The number of aromatic nitrogens is 1. The van der Waals surface area contributed by atoms with Crippen molar-refractivity contribution in [1.29, 1.82) is 0 Å². The third-order valence-corrected chi connectivity index (χ3v) is 4.98. The Hall–Kier alpha value is -0.460. The third kappa shape index (κ3) is 1.97. The van der Waals surface area contributed by atoms with Gasteiger partial charge in [-0.3, -0.25) is 0 Å². The van der Waals surface area contributed by atoms with Crippen molar-refractivity contribution in [2.75, 3.05) is 11.5 Å². The largest absolute Gasteiger partial charge is 0.389 e. The predicted octanol–water partition coefficient (Wildman–Crippen LogP) is 0.538. The van der Waals surface area contributed by atoms with Gasteiger partial charge in [0.15, 0.2) is 9.84 Å². The molecule has 0 bridgehead atoms. The fourth-order valence-corrected chi connectivity index (χ4v) is 4.11. The van der Waals surface area contributed by atoms with Crippen molar-refractivity contribution in [2.24, 2.45) is 0 Å². The Balaban J connectivity index is 2.17. The number of aliphatic hydroxyl groups is 1. The minimum Gasteiger partial charge on any atom is -0.389 e. The van der Waals surface area contributed by atoms with Crippen molar-refractivity contribution in [3.63, 3.8) is 0 Å². The Morgan fingerprint density at radius 3 is 2.93 bits per heavy atom. The molecule has 0 radical (unpaired) electrons. The van der Waals surface area contributed by atoms with Crippen molar-refractivity contribution < 1.29 is 13.5 Å². The number of thiazole rings is 1. The van der Waals surface area contributed by atoms with Gasteiger partial charge in [-0.15, -0.1) is 11.3 Å². The van der Waals surface area contributed by atoms with Crippen LogP contribution >= 0.6 is 11.3 Å². The summed E-state index contributed by atoms with van der Waals surface area (Å²) in [6.07, 6.45) is 0.664. The summed E-state index contributed by atoms with van der Waals surface area (Å²) in [5.74, 6) is 0.516. The zero-order valence-electron chi connectivity index (χ0n) is 7.51. The van der Waals surface area contributed by atoms with Gasteiger partial charge in [0.2, 0.25) is 0 Å². The minimum absolute atomic E-state index is 0.0385. The SMILES string of the molecule is O=S1(=O)CCC(c2csc(CO)n2)C1. The van der Waals surface area contributed by atoms with E-state index < -0.39 is 9.84 Å². The summed E-state index contributed by atoms with van der Waals surface area (Å²) in [7, 11) is -2.84. The van der Waals surface area contributed by atoms with E-state index in [2.05, 4.69) is 4.98 Å². The normalized spacial score (nSPS) is 25.4. The van der Waals surface area contributed by atoms with E-state index in [9.17, 15) is 8.42 Å². The van der Waals surface area contributed by atoms with E-state index in [4.69, 9.17) is 5.11 Å². The molecular weight excluding hydrogens is 222 g/mol. The van der Waals surface area contributed by atoms with E-state index >= 15 is 0 Å². The summed E-state index contributed by atoms with van der Waals surface area (Å²) in [6, 6.07) is 0. The monoisotopic (exact) mass is 233 g/mol. The molecule has 0 spiro atoms. The average molecular weight is 233 g/mol. The van der Waals surface area contributed by atoms with E-state index in [0.717, 1.165) is 5.69 Å². The van der Waals surface area contributed by atoms with Gasteiger partial charge in [-0.1, -0.05) is 0 Å². The van der Waals surface area contributed by atoms with Crippen LogP contribution in [0.5, 0.6) is 0 Å². The van der Waals surface area contributed by atoms with Gasteiger partial charge in [0.1, 0.15) is 5.01 Å². The van der Waals surface area contributed by atoms with Crippen LogP contribution in [-0.2, 0) is 16.4 Å². The van der Waals surface area contributed by atoms with Gasteiger partial charge in [0.25, 0.3) is 0 Å². The van der Waals surface area contributed by atoms with Gasteiger partial charge < -0.3 is 5.11 Å². The molecule has 1 N–H and O–H groups in total. The molecule has 4 nitrogen and oxygen atoms in total. The minimum atomic E-state index is -2.84. The van der Waals surface area contributed by atoms with Crippen LogP contribution in [-0.4, -0.2) is 30.0 Å². The Morgan fingerprint density at radius 1 is 1.64 bits per heavy atom. The van der Waals surface area contributed by atoms with Crippen molar-refractivity contribution >= 4 is 21.2 Å².